The minimum atomic E-state index is -1.25. The fourth-order valence-corrected chi connectivity index (χ4v) is 3.53. The number of rotatable bonds is 5. The number of ketones is 1. The Morgan fingerprint density at radius 2 is 1.74 bits per heavy atom. The van der Waals surface area contributed by atoms with Crippen molar-refractivity contribution < 1.29 is 19.2 Å². The fourth-order valence-electron chi connectivity index (χ4n) is 3.13. The number of carbonyl (C=O) groups excluding carboxylic acids is 4. The molecule has 0 spiro atoms. The number of benzene rings is 2. The molecule has 0 bridgehead atoms. The molecule has 0 saturated carbocycles. The molecule has 1 saturated heterocycles. The van der Waals surface area contributed by atoms with Crippen molar-refractivity contribution in [3.8, 4) is 0 Å². The topological polar surface area (TPSA) is 95.6 Å². The van der Waals surface area contributed by atoms with Gasteiger partial charge in [0.15, 0.2) is 5.78 Å². The van der Waals surface area contributed by atoms with E-state index in [9.17, 15) is 19.2 Å². The summed E-state index contributed by atoms with van der Waals surface area (Å²) in [5, 5.41) is 5.48. The Balaban J connectivity index is 1.72. The Morgan fingerprint density at radius 1 is 1.10 bits per heavy atom. The first-order valence-corrected chi connectivity index (χ1v) is 10.6. The SMILES string of the molecule is CC(C)(C)C(=O)Nc1ccc(C(=O)CN2C(=O)N[C@@](C)(c3cccc(Br)c3)C2=O)cc1. The van der Waals surface area contributed by atoms with Crippen LogP contribution in [-0.2, 0) is 15.1 Å². The van der Waals surface area contributed by atoms with E-state index in [-0.39, 0.29) is 18.2 Å². The van der Waals surface area contributed by atoms with Crippen molar-refractivity contribution in [2.24, 2.45) is 5.41 Å². The molecule has 0 aliphatic carbocycles. The Labute approximate surface area is 189 Å². The number of halogens is 1. The third kappa shape index (κ3) is 4.69. The number of imide groups is 1. The molecule has 1 aliphatic rings. The maximum atomic E-state index is 13.0. The number of anilines is 1. The van der Waals surface area contributed by atoms with E-state index < -0.39 is 22.9 Å². The summed E-state index contributed by atoms with van der Waals surface area (Å²) in [6, 6.07) is 12.9. The normalized spacial score (nSPS) is 18.7. The molecule has 4 amide bonds. The highest BCUT2D eigenvalue weighted by Gasteiger charge is 2.49. The van der Waals surface area contributed by atoms with Crippen molar-refractivity contribution in [3.63, 3.8) is 0 Å². The molecule has 2 N–H and O–H groups in total. The lowest BCUT2D eigenvalue weighted by Crippen LogP contribution is -2.41. The van der Waals surface area contributed by atoms with Gasteiger partial charge in [0, 0.05) is 21.1 Å². The molecular weight excluding hydrogens is 462 g/mol. The Hall–Kier alpha value is -3.00. The van der Waals surface area contributed by atoms with Gasteiger partial charge in [0.05, 0.1) is 6.54 Å². The first-order valence-electron chi connectivity index (χ1n) is 9.77. The van der Waals surface area contributed by atoms with E-state index in [0.717, 1.165) is 9.37 Å². The van der Waals surface area contributed by atoms with Crippen molar-refractivity contribution in [3.05, 3.63) is 64.1 Å². The lowest BCUT2D eigenvalue weighted by molar-refractivity contribution is -0.130. The predicted molar refractivity (Wildman–Crippen MR) is 121 cm³/mol. The predicted octanol–water partition coefficient (Wildman–Crippen LogP) is 4.08. The van der Waals surface area contributed by atoms with Crippen LogP contribution < -0.4 is 10.6 Å². The van der Waals surface area contributed by atoms with Gasteiger partial charge in [0.2, 0.25) is 5.91 Å². The second-order valence-electron chi connectivity index (χ2n) is 8.66. The summed E-state index contributed by atoms with van der Waals surface area (Å²) in [6.45, 7) is 6.66. The van der Waals surface area contributed by atoms with Gasteiger partial charge in [-0.05, 0) is 48.9 Å². The van der Waals surface area contributed by atoms with E-state index in [1.807, 2.05) is 6.07 Å². The summed E-state index contributed by atoms with van der Waals surface area (Å²) in [5.74, 6) is -1.01. The van der Waals surface area contributed by atoms with Crippen LogP contribution in [0.3, 0.4) is 0 Å². The highest BCUT2D eigenvalue weighted by atomic mass is 79.9. The lowest BCUT2D eigenvalue weighted by atomic mass is 9.92. The maximum Gasteiger partial charge on any atom is 0.325 e. The standard InChI is InChI=1S/C23H24BrN3O4/c1-22(2,3)19(29)25-17-10-8-14(9-11-17)18(28)13-27-20(30)23(4,26-21(27)31)15-6-5-7-16(24)12-15/h5-12H,13H2,1-4H3,(H,25,29)(H,26,31)/t23-/m0/s1. The molecule has 8 heteroatoms. The van der Waals surface area contributed by atoms with Crippen LogP contribution >= 0.6 is 15.9 Å². The van der Waals surface area contributed by atoms with E-state index in [1.165, 1.54) is 0 Å². The van der Waals surface area contributed by atoms with Crippen LogP contribution in [0.1, 0.15) is 43.6 Å². The molecule has 162 valence electrons. The van der Waals surface area contributed by atoms with Crippen LogP contribution in [0.2, 0.25) is 0 Å². The zero-order chi connectivity index (χ0) is 23.0. The molecule has 0 aromatic heterocycles. The molecule has 2 aromatic carbocycles. The molecule has 0 radical (unpaired) electrons. The summed E-state index contributed by atoms with van der Waals surface area (Å²) in [6.07, 6.45) is 0. The van der Waals surface area contributed by atoms with Gasteiger partial charge in [-0.25, -0.2) is 4.79 Å². The maximum absolute atomic E-state index is 13.0. The van der Waals surface area contributed by atoms with E-state index in [1.54, 1.807) is 70.2 Å². The van der Waals surface area contributed by atoms with Crippen LogP contribution in [0.5, 0.6) is 0 Å². The van der Waals surface area contributed by atoms with Crippen LogP contribution in [0, 0.1) is 5.41 Å². The average molecular weight is 486 g/mol. The van der Waals surface area contributed by atoms with Gasteiger partial charge in [-0.3, -0.25) is 19.3 Å². The van der Waals surface area contributed by atoms with Gasteiger partial charge in [-0.1, -0.05) is 48.8 Å². The number of nitrogens with zero attached hydrogens (tertiary/aromatic N) is 1. The Kier molecular flexibility index (Phi) is 6.04. The van der Waals surface area contributed by atoms with Gasteiger partial charge >= 0.3 is 6.03 Å². The van der Waals surface area contributed by atoms with Crippen molar-refractivity contribution >= 4 is 45.2 Å². The quantitative estimate of drug-likeness (QED) is 0.492. The number of Topliss-reactive ketones (excluding diaryl/α,β-unsaturated/α-hetero) is 1. The number of urea groups is 1. The lowest BCUT2D eigenvalue weighted by Gasteiger charge is -2.22. The van der Waals surface area contributed by atoms with Crippen molar-refractivity contribution in [2.75, 3.05) is 11.9 Å². The second kappa shape index (κ2) is 8.26. The molecule has 7 nitrogen and oxygen atoms in total. The van der Waals surface area contributed by atoms with Crippen molar-refractivity contribution in [1.29, 1.82) is 0 Å². The molecule has 1 heterocycles. The van der Waals surface area contributed by atoms with Gasteiger partial charge < -0.3 is 10.6 Å². The minimum Gasteiger partial charge on any atom is -0.326 e. The highest BCUT2D eigenvalue weighted by Crippen LogP contribution is 2.30. The number of nitrogens with one attached hydrogen (secondary N) is 2. The fraction of sp³-hybridized carbons (Fsp3) is 0.304. The third-order valence-electron chi connectivity index (χ3n) is 5.12. The monoisotopic (exact) mass is 485 g/mol. The molecular formula is C23H24BrN3O4. The van der Waals surface area contributed by atoms with Crippen molar-refractivity contribution in [1.82, 2.24) is 10.2 Å². The molecule has 1 fully saturated rings. The molecule has 1 aliphatic heterocycles. The van der Waals surface area contributed by atoms with E-state index >= 15 is 0 Å². The largest absolute Gasteiger partial charge is 0.326 e. The van der Waals surface area contributed by atoms with Crippen LogP contribution in [-0.4, -0.2) is 35.1 Å². The Morgan fingerprint density at radius 3 is 2.32 bits per heavy atom. The summed E-state index contributed by atoms with van der Waals surface area (Å²) in [4.78, 5) is 51.2. The summed E-state index contributed by atoms with van der Waals surface area (Å²) < 4.78 is 0.779. The number of hydrogen-bond donors (Lipinski definition) is 2. The molecule has 3 rings (SSSR count). The second-order valence-corrected chi connectivity index (χ2v) is 9.58. The minimum absolute atomic E-state index is 0.141. The van der Waals surface area contributed by atoms with E-state index in [4.69, 9.17) is 0 Å². The zero-order valence-corrected chi connectivity index (χ0v) is 19.4. The smallest absolute Gasteiger partial charge is 0.325 e. The first-order chi connectivity index (χ1) is 14.4. The summed E-state index contributed by atoms with van der Waals surface area (Å²) >= 11 is 3.37. The number of amides is 4. The van der Waals surface area contributed by atoms with Gasteiger partial charge in [-0.15, -0.1) is 0 Å². The summed E-state index contributed by atoms with van der Waals surface area (Å²) in [5.41, 5.74) is -0.269. The zero-order valence-electron chi connectivity index (χ0n) is 17.8. The van der Waals surface area contributed by atoms with Gasteiger partial charge in [-0.2, -0.15) is 0 Å². The number of carbonyl (C=O) groups is 4. The molecule has 31 heavy (non-hydrogen) atoms. The van der Waals surface area contributed by atoms with Crippen LogP contribution in [0.15, 0.2) is 53.0 Å². The molecule has 2 aromatic rings. The van der Waals surface area contributed by atoms with Gasteiger partial charge in [0.25, 0.3) is 5.91 Å². The highest BCUT2D eigenvalue weighted by molar-refractivity contribution is 9.10. The summed E-state index contributed by atoms with van der Waals surface area (Å²) in [7, 11) is 0. The Bertz CT molecular complexity index is 1060. The van der Waals surface area contributed by atoms with Crippen LogP contribution in [0.25, 0.3) is 0 Å². The third-order valence-corrected chi connectivity index (χ3v) is 5.62. The average Bonchev–Trinajstić information content (AvgIpc) is 2.92. The van der Waals surface area contributed by atoms with Crippen LogP contribution in [0.4, 0.5) is 10.5 Å². The molecule has 0 unspecified atom stereocenters. The van der Waals surface area contributed by atoms with Crippen molar-refractivity contribution in [2.45, 2.75) is 33.2 Å². The van der Waals surface area contributed by atoms with Gasteiger partial charge in [0.1, 0.15) is 5.54 Å². The molecule has 1 atom stereocenters. The first kappa shape index (κ1) is 22.7. The van der Waals surface area contributed by atoms with E-state index in [2.05, 4.69) is 26.6 Å². The van der Waals surface area contributed by atoms with E-state index in [0.29, 0.717) is 16.8 Å². The number of hydrogen-bond acceptors (Lipinski definition) is 4.